The van der Waals surface area contributed by atoms with Gasteiger partial charge in [0.15, 0.2) is 5.69 Å². The first-order valence-corrected chi connectivity index (χ1v) is 11.4. The number of benzene rings is 1. The minimum Gasteiger partial charge on any atom is -0.383 e. The molecule has 0 saturated carbocycles. The van der Waals surface area contributed by atoms with Crippen LogP contribution < -0.4 is 21.9 Å². The molecule has 0 aliphatic rings. The van der Waals surface area contributed by atoms with Gasteiger partial charge in [0.1, 0.15) is 5.82 Å². The van der Waals surface area contributed by atoms with E-state index in [1.165, 1.54) is 16.6 Å². The van der Waals surface area contributed by atoms with Gasteiger partial charge >= 0.3 is 5.69 Å². The van der Waals surface area contributed by atoms with Crippen LogP contribution in [0.3, 0.4) is 0 Å². The van der Waals surface area contributed by atoms with E-state index >= 15 is 0 Å². The molecular weight excluding hydrogens is 442 g/mol. The molecule has 3 N–H and O–H groups in total. The van der Waals surface area contributed by atoms with Gasteiger partial charge in [-0.2, -0.15) is 0 Å². The summed E-state index contributed by atoms with van der Waals surface area (Å²) in [5.41, 5.74) is 5.75. The average molecular weight is 472 g/mol. The van der Waals surface area contributed by atoms with Gasteiger partial charge in [0.2, 0.25) is 5.91 Å². The van der Waals surface area contributed by atoms with Crippen LogP contribution in [-0.2, 0) is 16.1 Å². The molecule has 1 aromatic carbocycles. The molecule has 2 heterocycles. The molecule has 10 heteroatoms. The second-order valence-corrected chi connectivity index (χ2v) is 8.69. The molecule has 0 aliphatic carbocycles. The lowest BCUT2D eigenvalue weighted by molar-refractivity contribution is -0.120. The molecule has 3 aromatic rings. The zero-order chi connectivity index (χ0) is 24.0. The lowest BCUT2D eigenvalue weighted by atomic mass is 10.2. The fourth-order valence-corrected chi connectivity index (χ4v) is 4.34. The number of aromatic nitrogens is 2. The molecule has 0 spiro atoms. The number of nitrogens with one attached hydrogen (secondary N) is 1. The van der Waals surface area contributed by atoms with Gasteiger partial charge in [-0.15, -0.1) is 11.3 Å². The summed E-state index contributed by atoms with van der Waals surface area (Å²) in [7, 11) is 3.36. The molecule has 0 bridgehead atoms. The number of carbonyl (C=O) groups is 1. The predicted molar refractivity (Wildman–Crippen MR) is 131 cm³/mol. The number of nitrogens with two attached hydrogens (primary N) is 1. The van der Waals surface area contributed by atoms with Crippen LogP contribution in [0.15, 0.2) is 57.4 Å². The molecule has 0 fully saturated rings. The quantitative estimate of drug-likeness (QED) is 0.467. The van der Waals surface area contributed by atoms with Crippen LogP contribution in [0.1, 0.15) is 23.4 Å². The van der Waals surface area contributed by atoms with Crippen molar-refractivity contribution in [3.8, 4) is 0 Å². The summed E-state index contributed by atoms with van der Waals surface area (Å²) in [6.07, 6.45) is 0. The smallest absolute Gasteiger partial charge is 0.330 e. The van der Waals surface area contributed by atoms with Gasteiger partial charge in [-0.05, 0) is 31.0 Å². The van der Waals surface area contributed by atoms with Gasteiger partial charge < -0.3 is 15.4 Å². The van der Waals surface area contributed by atoms with Crippen molar-refractivity contribution < 1.29 is 9.53 Å². The second kappa shape index (κ2) is 11.1. The third-order valence-electron chi connectivity index (χ3n) is 5.49. The minimum atomic E-state index is -0.708. The number of amides is 1. The SMILES string of the molecule is COCCN(C(=O)CN(C)C(C)c1cccs1)c1c(N)n(Cc2ccccc2)c(=O)[nH]c1=O. The number of nitrogens with zero attached hydrogens (tertiary/aromatic N) is 3. The highest BCUT2D eigenvalue weighted by Crippen LogP contribution is 2.24. The second-order valence-electron chi connectivity index (χ2n) is 7.71. The molecule has 9 nitrogen and oxygen atoms in total. The predicted octanol–water partition coefficient (Wildman–Crippen LogP) is 1.90. The Kier molecular flexibility index (Phi) is 8.21. The number of hydrogen-bond acceptors (Lipinski definition) is 7. The number of hydrogen-bond donors (Lipinski definition) is 2. The van der Waals surface area contributed by atoms with Crippen LogP contribution in [-0.4, -0.2) is 54.2 Å². The molecule has 3 rings (SSSR count). The molecule has 1 amide bonds. The van der Waals surface area contributed by atoms with Gasteiger partial charge in [-0.25, -0.2) is 4.79 Å². The molecule has 0 saturated heterocycles. The van der Waals surface area contributed by atoms with E-state index < -0.39 is 11.2 Å². The Morgan fingerprint density at radius 3 is 2.58 bits per heavy atom. The Labute approximate surface area is 196 Å². The van der Waals surface area contributed by atoms with E-state index in [9.17, 15) is 14.4 Å². The van der Waals surface area contributed by atoms with E-state index in [-0.39, 0.29) is 49.7 Å². The third-order valence-corrected chi connectivity index (χ3v) is 6.53. The maximum absolute atomic E-state index is 13.3. The van der Waals surface area contributed by atoms with E-state index in [0.29, 0.717) is 0 Å². The number of rotatable bonds is 10. The molecule has 176 valence electrons. The lowest BCUT2D eigenvalue weighted by Crippen LogP contribution is -2.46. The van der Waals surface area contributed by atoms with Crippen molar-refractivity contribution in [1.82, 2.24) is 14.5 Å². The first-order valence-electron chi connectivity index (χ1n) is 10.5. The molecule has 1 atom stereocenters. The van der Waals surface area contributed by atoms with E-state index in [1.54, 1.807) is 11.3 Å². The summed E-state index contributed by atoms with van der Waals surface area (Å²) in [5, 5.41) is 1.99. The van der Waals surface area contributed by atoms with Crippen molar-refractivity contribution >= 4 is 28.7 Å². The zero-order valence-electron chi connectivity index (χ0n) is 19.0. The largest absolute Gasteiger partial charge is 0.383 e. The van der Waals surface area contributed by atoms with Crippen molar-refractivity contribution in [1.29, 1.82) is 0 Å². The summed E-state index contributed by atoms with van der Waals surface area (Å²) in [5.74, 6) is -0.383. The van der Waals surface area contributed by atoms with Gasteiger partial charge in [0.25, 0.3) is 5.56 Å². The minimum absolute atomic E-state index is 0.0147. The van der Waals surface area contributed by atoms with Crippen molar-refractivity contribution in [3.63, 3.8) is 0 Å². The standard InChI is InChI=1S/C23H29N5O4S/c1-16(18-10-7-13-33-18)26(2)15-19(29)27(11-12-32-3)20-21(24)28(23(31)25-22(20)30)14-17-8-5-4-6-9-17/h4-10,13,16H,11-12,14-15,24H2,1-3H3,(H,25,30,31). The van der Waals surface area contributed by atoms with E-state index in [0.717, 1.165) is 10.4 Å². The van der Waals surface area contributed by atoms with Crippen LogP contribution in [0, 0.1) is 0 Å². The normalized spacial score (nSPS) is 12.1. The number of anilines is 2. The van der Waals surface area contributed by atoms with Crippen molar-refractivity contribution in [2.45, 2.75) is 19.5 Å². The van der Waals surface area contributed by atoms with Crippen LogP contribution in [0.2, 0.25) is 0 Å². The molecular formula is C23H29N5O4S. The van der Waals surface area contributed by atoms with Gasteiger partial charge in [0, 0.05) is 24.6 Å². The molecule has 1 unspecified atom stereocenters. The van der Waals surface area contributed by atoms with E-state index in [2.05, 4.69) is 4.98 Å². The highest BCUT2D eigenvalue weighted by Gasteiger charge is 2.26. The number of carbonyl (C=O) groups excluding carboxylic acids is 1. The Morgan fingerprint density at radius 1 is 1.21 bits per heavy atom. The number of likely N-dealkylation sites (N-methyl/N-ethyl adjacent to an activating group) is 1. The fraction of sp³-hybridized carbons (Fsp3) is 0.348. The summed E-state index contributed by atoms with van der Waals surface area (Å²) in [6.45, 7) is 2.55. The Balaban J connectivity index is 1.94. The molecule has 0 radical (unpaired) electrons. The van der Waals surface area contributed by atoms with Crippen LogP contribution in [0.5, 0.6) is 0 Å². The third kappa shape index (κ3) is 5.78. The molecule has 2 aromatic heterocycles. The highest BCUT2D eigenvalue weighted by atomic mass is 32.1. The summed E-state index contributed by atoms with van der Waals surface area (Å²) >= 11 is 1.61. The summed E-state index contributed by atoms with van der Waals surface area (Å²) in [4.78, 5) is 45.3. The number of aromatic amines is 1. The van der Waals surface area contributed by atoms with Gasteiger partial charge in [0.05, 0.1) is 19.7 Å². The van der Waals surface area contributed by atoms with E-state index in [1.807, 2.05) is 66.7 Å². The number of nitrogen functional groups attached to an aromatic ring is 1. The number of thiophene rings is 1. The topological polar surface area (TPSA) is 114 Å². The van der Waals surface area contributed by atoms with E-state index in [4.69, 9.17) is 10.5 Å². The first kappa shape index (κ1) is 24.4. The van der Waals surface area contributed by atoms with Crippen LogP contribution >= 0.6 is 11.3 Å². The Hall–Kier alpha value is -3.21. The Bertz CT molecular complexity index is 1170. The van der Waals surface area contributed by atoms with Gasteiger partial charge in [-0.3, -0.25) is 24.0 Å². The fourth-order valence-electron chi connectivity index (χ4n) is 3.49. The first-order chi connectivity index (χ1) is 15.8. The monoisotopic (exact) mass is 471 g/mol. The number of H-pyrrole nitrogens is 1. The average Bonchev–Trinajstić information content (AvgIpc) is 3.33. The highest BCUT2D eigenvalue weighted by molar-refractivity contribution is 7.10. The molecule has 33 heavy (non-hydrogen) atoms. The van der Waals surface area contributed by atoms with Crippen LogP contribution in [0.25, 0.3) is 0 Å². The Morgan fingerprint density at radius 2 is 1.94 bits per heavy atom. The lowest BCUT2D eigenvalue weighted by Gasteiger charge is -2.28. The van der Waals surface area contributed by atoms with Crippen molar-refractivity contribution in [3.05, 3.63) is 79.1 Å². The maximum Gasteiger partial charge on any atom is 0.330 e. The maximum atomic E-state index is 13.3. The van der Waals surface area contributed by atoms with Crippen LogP contribution in [0.4, 0.5) is 11.5 Å². The molecule has 0 aliphatic heterocycles. The van der Waals surface area contributed by atoms with Crippen molar-refractivity contribution in [2.24, 2.45) is 0 Å². The van der Waals surface area contributed by atoms with Gasteiger partial charge in [-0.1, -0.05) is 36.4 Å². The summed E-state index contributed by atoms with van der Waals surface area (Å²) < 4.78 is 6.42. The zero-order valence-corrected chi connectivity index (χ0v) is 19.8. The number of ether oxygens (including phenoxy) is 1. The number of methoxy groups -OCH3 is 1. The summed E-state index contributed by atoms with van der Waals surface area (Å²) in [6, 6.07) is 13.3. The van der Waals surface area contributed by atoms with Crippen molar-refractivity contribution in [2.75, 3.05) is 44.5 Å².